The molecule has 1 aromatic carbocycles. The molecule has 0 radical (unpaired) electrons. The van der Waals surface area contributed by atoms with Gasteiger partial charge < -0.3 is 15.0 Å². The number of carbonyl (C=O) groups is 3. The number of aromatic nitrogens is 1. The van der Waals surface area contributed by atoms with Crippen LogP contribution in [0, 0.1) is 29.6 Å². The minimum absolute atomic E-state index is 0.00617. The van der Waals surface area contributed by atoms with Crippen LogP contribution in [0.4, 0.5) is 5.69 Å². The lowest BCUT2D eigenvalue weighted by molar-refractivity contribution is -0.142. The highest BCUT2D eigenvalue weighted by Crippen LogP contribution is 2.68. The molecule has 0 spiro atoms. The van der Waals surface area contributed by atoms with Gasteiger partial charge in [0.25, 0.3) is 0 Å². The van der Waals surface area contributed by atoms with Gasteiger partial charge in [-0.2, -0.15) is 0 Å². The van der Waals surface area contributed by atoms with Crippen molar-refractivity contribution < 1.29 is 19.5 Å². The van der Waals surface area contributed by atoms with Crippen LogP contribution >= 0.6 is 23.1 Å². The number of H-pyrrole nitrogens is 1. The number of aliphatic carboxylic acids is 1. The third kappa shape index (κ3) is 3.04. The van der Waals surface area contributed by atoms with Gasteiger partial charge in [-0.25, -0.2) is 0 Å². The first-order chi connectivity index (χ1) is 16.3. The summed E-state index contributed by atoms with van der Waals surface area (Å²) in [6.45, 7) is -0.0575. The number of thioether (sulfide) groups is 1. The maximum atomic E-state index is 13.3. The first-order valence-electron chi connectivity index (χ1n) is 11.5. The Morgan fingerprint density at radius 2 is 1.79 bits per heavy atom. The molecule has 2 amide bonds. The number of carbonyl (C=O) groups excluding carboxylic acids is 2. The monoisotopic (exact) mass is 499 g/mol. The Kier molecular flexibility index (Phi) is 4.97. The molecular formula is C24H25N3O5S2. The van der Waals surface area contributed by atoms with E-state index in [1.54, 1.807) is 11.8 Å². The fourth-order valence-corrected chi connectivity index (χ4v) is 9.75. The molecule has 0 unspecified atom stereocenters. The number of rotatable bonds is 5. The van der Waals surface area contributed by atoms with Crippen LogP contribution in [0.1, 0.15) is 29.2 Å². The van der Waals surface area contributed by atoms with Gasteiger partial charge in [-0.05, 0) is 41.9 Å². The van der Waals surface area contributed by atoms with Gasteiger partial charge in [-0.1, -0.05) is 23.5 Å². The van der Waals surface area contributed by atoms with Gasteiger partial charge in [0.1, 0.15) is 0 Å². The summed E-state index contributed by atoms with van der Waals surface area (Å²) in [5.41, 5.74) is 2.22. The number of nitrogens with one attached hydrogen (secondary N) is 1. The van der Waals surface area contributed by atoms with Crippen molar-refractivity contribution in [2.75, 3.05) is 25.5 Å². The Bertz CT molecular complexity index is 1250. The highest BCUT2D eigenvalue weighted by atomic mass is 32.2. The first-order valence-corrected chi connectivity index (χ1v) is 13.2. The average Bonchev–Trinajstić information content (AvgIpc) is 3.51. The van der Waals surface area contributed by atoms with Crippen LogP contribution in [0.25, 0.3) is 0 Å². The van der Waals surface area contributed by atoms with E-state index in [1.807, 2.05) is 19.0 Å². The number of nitrogens with zero attached hydrogens (tertiary/aromatic N) is 2. The number of likely N-dealkylation sites (tertiary alicyclic amines) is 1. The van der Waals surface area contributed by atoms with Gasteiger partial charge in [0.05, 0.1) is 23.3 Å². The smallest absolute Gasteiger partial charge is 0.305 e. The van der Waals surface area contributed by atoms with Crippen LogP contribution < -0.4 is 9.77 Å². The van der Waals surface area contributed by atoms with Crippen molar-refractivity contribution in [3.63, 3.8) is 0 Å². The maximum Gasteiger partial charge on any atom is 0.305 e. The van der Waals surface area contributed by atoms with E-state index in [4.69, 9.17) is 5.11 Å². The lowest BCUT2D eigenvalue weighted by Crippen LogP contribution is -2.42. The Morgan fingerprint density at radius 1 is 1.12 bits per heavy atom. The molecular weight excluding hydrogens is 474 g/mol. The van der Waals surface area contributed by atoms with Crippen LogP contribution in [-0.4, -0.2) is 58.7 Å². The summed E-state index contributed by atoms with van der Waals surface area (Å²) in [4.78, 5) is 57.1. The van der Waals surface area contributed by atoms with E-state index in [0.29, 0.717) is 0 Å². The number of benzene rings is 1. The standard InChI is InChI=1S/C24H25N3O5S2/c1-26(2)11-5-3-10(4-6-11)15-16-12-9-13(19(16)33-21-20(15)34-24(32)25-21)18-17(12)22(30)27(23(18)31)8-7-14(28)29/h3-6,12-13,15-19H,7-9H2,1-2H3,(H,25,32)(H,28,29)/t12-,13+,15+,16-,17+,18-,19-/m1/s1. The van der Waals surface area contributed by atoms with E-state index in [-0.39, 0.29) is 70.4 Å². The van der Waals surface area contributed by atoms with E-state index in [0.717, 1.165) is 27.6 Å². The fraction of sp³-hybridized carbons (Fsp3) is 0.500. The van der Waals surface area contributed by atoms with E-state index in [1.165, 1.54) is 16.2 Å². The zero-order valence-corrected chi connectivity index (χ0v) is 20.4. The molecule has 1 saturated heterocycles. The number of anilines is 1. The van der Waals surface area contributed by atoms with Gasteiger partial charge >= 0.3 is 10.8 Å². The SMILES string of the molecule is CN(C)c1ccc([C@@H]2c3sc(=O)[nH]c3S[C@@H]3[C@H]4C[C@@H]([C@@H]5C(=O)N(CCC(=O)O)C(=O)[C@H]45)[C@H]23)cc1. The molecule has 2 aromatic rings. The van der Waals surface area contributed by atoms with Crippen molar-refractivity contribution in [3.8, 4) is 0 Å². The molecule has 2 aliphatic carbocycles. The number of hydrogen-bond acceptors (Lipinski definition) is 7. The Balaban J connectivity index is 1.40. The van der Waals surface area contributed by atoms with Gasteiger partial charge in [0.15, 0.2) is 0 Å². The third-order valence-electron chi connectivity index (χ3n) is 8.13. The summed E-state index contributed by atoms with van der Waals surface area (Å²) in [5, 5.41) is 10.1. The minimum Gasteiger partial charge on any atom is -0.481 e. The fourth-order valence-electron chi connectivity index (χ4n) is 6.86. The van der Waals surface area contributed by atoms with Gasteiger partial charge in [-0.15, -0.1) is 11.8 Å². The minimum atomic E-state index is -1.01. The molecule has 178 valence electrons. The predicted molar refractivity (Wildman–Crippen MR) is 128 cm³/mol. The number of amides is 2. The largest absolute Gasteiger partial charge is 0.481 e. The number of fused-ring (bicyclic) bond motifs is 9. The Morgan fingerprint density at radius 3 is 2.44 bits per heavy atom. The van der Waals surface area contributed by atoms with Crippen LogP contribution in [0.2, 0.25) is 0 Å². The van der Waals surface area contributed by atoms with Crippen LogP contribution in [0.5, 0.6) is 0 Å². The number of carboxylic acids is 1. The summed E-state index contributed by atoms with van der Waals surface area (Å²) < 4.78 is 0. The molecule has 2 saturated carbocycles. The summed E-state index contributed by atoms with van der Waals surface area (Å²) in [6, 6.07) is 8.39. The summed E-state index contributed by atoms with van der Waals surface area (Å²) in [7, 11) is 3.99. The summed E-state index contributed by atoms with van der Waals surface area (Å²) >= 11 is 2.91. The van der Waals surface area contributed by atoms with Crippen LogP contribution in [0.3, 0.4) is 0 Å². The van der Waals surface area contributed by atoms with Crippen molar-refractivity contribution in [2.45, 2.75) is 29.0 Å². The van der Waals surface area contributed by atoms with Crippen LogP contribution in [-0.2, 0) is 14.4 Å². The van der Waals surface area contributed by atoms with Crippen molar-refractivity contribution in [1.82, 2.24) is 9.88 Å². The molecule has 8 nitrogen and oxygen atoms in total. The number of imide groups is 1. The molecule has 7 atom stereocenters. The zero-order valence-electron chi connectivity index (χ0n) is 18.8. The highest BCUT2D eigenvalue weighted by Gasteiger charge is 2.69. The van der Waals surface area contributed by atoms with Crippen molar-refractivity contribution in [1.29, 1.82) is 0 Å². The molecule has 3 fully saturated rings. The zero-order chi connectivity index (χ0) is 23.9. The number of carboxylic acid groups (broad SMARTS) is 1. The molecule has 3 heterocycles. The highest BCUT2D eigenvalue weighted by molar-refractivity contribution is 8.00. The quantitative estimate of drug-likeness (QED) is 0.608. The molecule has 1 aromatic heterocycles. The van der Waals surface area contributed by atoms with E-state index in [9.17, 15) is 19.2 Å². The van der Waals surface area contributed by atoms with E-state index in [2.05, 4.69) is 29.2 Å². The topological polar surface area (TPSA) is 111 Å². The second kappa shape index (κ2) is 7.71. The van der Waals surface area contributed by atoms with Gasteiger partial charge in [0, 0.05) is 42.4 Å². The van der Waals surface area contributed by atoms with E-state index < -0.39 is 5.97 Å². The predicted octanol–water partition coefficient (Wildman–Crippen LogP) is 2.45. The lowest BCUT2D eigenvalue weighted by Gasteiger charge is -2.43. The van der Waals surface area contributed by atoms with Gasteiger partial charge in [0.2, 0.25) is 11.8 Å². The number of hydrogen-bond donors (Lipinski definition) is 2. The van der Waals surface area contributed by atoms with Crippen LogP contribution in [0.15, 0.2) is 34.1 Å². The summed E-state index contributed by atoms with van der Waals surface area (Å²) in [5.74, 6) is -1.94. The first kappa shape index (κ1) is 21.9. The third-order valence-corrected chi connectivity index (χ3v) is 10.7. The molecule has 2 aliphatic heterocycles. The lowest BCUT2D eigenvalue weighted by atomic mass is 9.68. The molecule has 4 aliphatic rings. The normalized spacial score (nSPS) is 33.1. The van der Waals surface area contributed by atoms with Crippen molar-refractivity contribution >= 4 is 46.6 Å². The van der Waals surface area contributed by atoms with Gasteiger partial charge in [-0.3, -0.25) is 24.1 Å². The Labute approximate surface area is 204 Å². The molecule has 6 rings (SSSR count). The maximum absolute atomic E-state index is 13.3. The average molecular weight is 500 g/mol. The van der Waals surface area contributed by atoms with Crippen molar-refractivity contribution in [2.24, 2.45) is 29.6 Å². The molecule has 2 bridgehead atoms. The van der Waals surface area contributed by atoms with E-state index >= 15 is 0 Å². The number of thiazole rings is 1. The second-order valence-electron chi connectivity index (χ2n) is 9.92. The molecule has 34 heavy (non-hydrogen) atoms. The summed E-state index contributed by atoms with van der Waals surface area (Å²) in [6.07, 6.45) is 0.598. The molecule has 2 N–H and O–H groups in total. The van der Waals surface area contributed by atoms with Crippen molar-refractivity contribution in [3.05, 3.63) is 44.4 Å². The molecule has 10 heteroatoms. The Hall–Kier alpha value is -2.59. The second-order valence-corrected chi connectivity index (χ2v) is 12.1. The number of aromatic amines is 1.